The molecule has 0 bridgehead atoms. The predicted octanol–water partition coefficient (Wildman–Crippen LogP) is 1.81. The van der Waals surface area contributed by atoms with Gasteiger partial charge in [0.1, 0.15) is 17.5 Å². The van der Waals surface area contributed by atoms with Crippen LogP contribution in [-0.4, -0.2) is 44.7 Å². The Balaban J connectivity index is 2.26. The Morgan fingerprint density at radius 1 is 1.24 bits per heavy atom. The molecule has 2 rings (SSSR count). The monoisotopic (exact) mass is 293 g/mol. The first kappa shape index (κ1) is 15.2. The predicted molar refractivity (Wildman–Crippen MR) is 75.2 cm³/mol. The summed E-state index contributed by atoms with van der Waals surface area (Å²) in [5.74, 6) is -1.66. The maximum Gasteiger partial charge on any atom is 0.326 e. The molecule has 1 aliphatic rings. The van der Waals surface area contributed by atoms with E-state index in [4.69, 9.17) is 0 Å². The number of nitrogens with zero attached hydrogens (tertiary/aromatic N) is 1. The van der Waals surface area contributed by atoms with Crippen LogP contribution < -0.4 is 0 Å². The number of carbonyl (C=O) groups is 2. The number of aliphatic carboxylic acids is 1. The van der Waals surface area contributed by atoms with Gasteiger partial charge in [-0.3, -0.25) is 4.79 Å². The quantitative estimate of drug-likeness (QED) is 0.789. The van der Waals surface area contributed by atoms with Crippen LogP contribution in [-0.2, 0) is 4.79 Å². The molecule has 0 spiro atoms. The average molecular weight is 293 g/mol. The lowest BCUT2D eigenvalue weighted by Gasteiger charge is -2.37. The molecule has 1 amide bonds. The zero-order chi connectivity index (χ0) is 15.6. The van der Waals surface area contributed by atoms with Crippen molar-refractivity contribution >= 4 is 11.9 Å². The van der Waals surface area contributed by atoms with Crippen molar-refractivity contribution in [3.63, 3.8) is 0 Å². The zero-order valence-electron chi connectivity index (χ0n) is 11.8. The highest BCUT2D eigenvalue weighted by molar-refractivity contribution is 5.97. The second kappa shape index (κ2) is 6.03. The Labute approximate surface area is 122 Å². The van der Waals surface area contributed by atoms with Gasteiger partial charge in [0.05, 0.1) is 0 Å². The number of benzene rings is 1. The first-order chi connectivity index (χ1) is 9.92. The van der Waals surface area contributed by atoms with E-state index in [1.165, 1.54) is 17.0 Å². The number of hydrogen-bond acceptors (Lipinski definition) is 4. The maximum absolute atomic E-state index is 12.5. The molecule has 0 aliphatic carbocycles. The number of piperidine rings is 1. The standard InChI is InChI=1S/C15H19NO5/c1-2-9-3-4-16(13(5-9)15(20)21)14(19)10-6-11(17)8-12(18)7-10/h6-9,13,17-18H,2-5H2,1H3,(H,20,21). The van der Waals surface area contributed by atoms with Crippen molar-refractivity contribution in [3.05, 3.63) is 23.8 Å². The van der Waals surface area contributed by atoms with Gasteiger partial charge in [-0.05, 0) is 30.9 Å². The lowest BCUT2D eigenvalue weighted by Crippen LogP contribution is -2.50. The summed E-state index contributed by atoms with van der Waals surface area (Å²) in [7, 11) is 0. The van der Waals surface area contributed by atoms with Gasteiger partial charge in [-0.1, -0.05) is 13.3 Å². The van der Waals surface area contributed by atoms with Crippen LogP contribution in [0.15, 0.2) is 18.2 Å². The lowest BCUT2D eigenvalue weighted by molar-refractivity contribution is -0.144. The summed E-state index contributed by atoms with van der Waals surface area (Å²) in [4.78, 5) is 25.2. The highest BCUT2D eigenvalue weighted by atomic mass is 16.4. The number of likely N-dealkylation sites (tertiary alicyclic amines) is 1. The highest BCUT2D eigenvalue weighted by Gasteiger charge is 2.36. The van der Waals surface area contributed by atoms with Crippen molar-refractivity contribution in [3.8, 4) is 11.5 Å². The normalized spacial score (nSPS) is 22.0. The minimum Gasteiger partial charge on any atom is -0.508 e. The molecule has 1 heterocycles. The van der Waals surface area contributed by atoms with Crippen molar-refractivity contribution in [2.45, 2.75) is 32.2 Å². The summed E-state index contributed by atoms with van der Waals surface area (Å²) in [6, 6.07) is 2.72. The van der Waals surface area contributed by atoms with Crippen molar-refractivity contribution in [1.82, 2.24) is 4.90 Å². The van der Waals surface area contributed by atoms with Crippen molar-refractivity contribution < 1.29 is 24.9 Å². The van der Waals surface area contributed by atoms with Gasteiger partial charge in [-0.15, -0.1) is 0 Å². The van der Waals surface area contributed by atoms with Crippen LogP contribution in [0.1, 0.15) is 36.5 Å². The molecule has 1 fully saturated rings. The molecule has 6 heteroatoms. The molecule has 2 unspecified atom stereocenters. The van der Waals surface area contributed by atoms with Gasteiger partial charge >= 0.3 is 5.97 Å². The fourth-order valence-electron chi connectivity index (χ4n) is 2.77. The Bertz CT molecular complexity index is 537. The van der Waals surface area contributed by atoms with E-state index in [9.17, 15) is 24.9 Å². The summed E-state index contributed by atoms with van der Waals surface area (Å²) in [6.45, 7) is 2.37. The van der Waals surface area contributed by atoms with Crippen LogP contribution in [0.5, 0.6) is 11.5 Å². The SMILES string of the molecule is CCC1CCN(C(=O)c2cc(O)cc(O)c2)C(C(=O)O)C1. The fourth-order valence-corrected chi connectivity index (χ4v) is 2.77. The number of carbonyl (C=O) groups excluding carboxylic acids is 1. The largest absolute Gasteiger partial charge is 0.508 e. The van der Waals surface area contributed by atoms with E-state index in [0.29, 0.717) is 18.9 Å². The van der Waals surface area contributed by atoms with E-state index in [0.717, 1.165) is 18.9 Å². The second-order valence-corrected chi connectivity index (χ2v) is 5.39. The molecule has 0 saturated carbocycles. The molecule has 1 saturated heterocycles. The minimum atomic E-state index is -1.02. The number of hydrogen-bond donors (Lipinski definition) is 3. The molecule has 114 valence electrons. The number of amides is 1. The molecule has 1 aromatic carbocycles. The molecule has 21 heavy (non-hydrogen) atoms. The van der Waals surface area contributed by atoms with Gasteiger partial charge < -0.3 is 20.2 Å². The van der Waals surface area contributed by atoms with Crippen molar-refractivity contribution in [2.24, 2.45) is 5.92 Å². The van der Waals surface area contributed by atoms with Crippen LogP contribution in [0.25, 0.3) is 0 Å². The molecule has 1 aromatic rings. The highest BCUT2D eigenvalue weighted by Crippen LogP contribution is 2.28. The number of rotatable bonds is 3. The molecular formula is C15H19NO5. The smallest absolute Gasteiger partial charge is 0.326 e. The minimum absolute atomic E-state index is 0.0914. The number of carboxylic acid groups (broad SMARTS) is 1. The van der Waals surface area contributed by atoms with E-state index in [1.807, 2.05) is 6.92 Å². The number of phenols is 2. The zero-order valence-corrected chi connectivity index (χ0v) is 11.8. The van der Waals surface area contributed by atoms with E-state index >= 15 is 0 Å². The first-order valence-electron chi connectivity index (χ1n) is 6.99. The fraction of sp³-hybridized carbons (Fsp3) is 0.467. The van der Waals surface area contributed by atoms with Crippen LogP contribution in [0.3, 0.4) is 0 Å². The number of carboxylic acids is 1. The van der Waals surface area contributed by atoms with Crippen LogP contribution >= 0.6 is 0 Å². The Morgan fingerprint density at radius 3 is 2.38 bits per heavy atom. The maximum atomic E-state index is 12.5. The van der Waals surface area contributed by atoms with Gasteiger partial charge in [0.15, 0.2) is 0 Å². The Hall–Kier alpha value is -2.24. The van der Waals surface area contributed by atoms with Gasteiger partial charge in [-0.25, -0.2) is 4.79 Å². The summed E-state index contributed by atoms with van der Waals surface area (Å²) < 4.78 is 0. The third-order valence-corrected chi connectivity index (χ3v) is 3.98. The molecule has 6 nitrogen and oxygen atoms in total. The topological polar surface area (TPSA) is 98.1 Å². The Kier molecular flexibility index (Phi) is 4.35. The third-order valence-electron chi connectivity index (χ3n) is 3.98. The van der Waals surface area contributed by atoms with Gasteiger partial charge in [0.25, 0.3) is 5.91 Å². The number of phenolic OH excluding ortho intramolecular Hbond substituents is 2. The summed E-state index contributed by atoms with van der Waals surface area (Å²) in [6.07, 6.45) is 2.08. The first-order valence-corrected chi connectivity index (χ1v) is 6.99. The van der Waals surface area contributed by atoms with Gasteiger partial charge in [-0.2, -0.15) is 0 Å². The molecule has 3 N–H and O–H groups in total. The second-order valence-electron chi connectivity index (χ2n) is 5.39. The summed E-state index contributed by atoms with van der Waals surface area (Å²) >= 11 is 0. The Morgan fingerprint density at radius 2 is 1.86 bits per heavy atom. The van der Waals surface area contributed by atoms with Crippen LogP contribution in [0.4, 0.5) is 0 Å². The summed E-state index contributed by atoms with van der Waals surface area (Å²) in [5.41, 5.74) is 0.0914. The summed E-state index contributed by atoms with van der Waals surface area (Å²) in [5, 5.41) is 28.2. The van der Waals surface area contributed by atoms with E-state index < -0.39 is 17.9 Å². The van der Waals surface area contributed by atoms with E-state index in [1.54, 1.807) is 0 Å². The van der Waals surface area contributed by atoms with E-state index in [-0.39, 0.29) is 17.1 Å². The average Bonchev–Trinajstić information content (AvgIpc) is 2.44. The number of aromatic hydroxyl groups is 2. The van der Waals surface area contributed by atoms with Gasteiger partial charge in [0, 0.05) is 18.2 Å². The third kappa shape index (κ3) is 3.26. The van der Waals surface area contributed by atoms with Crippen LogP contribution in [0.2, 0.25) is 0 Å². The van der Waals surface area contributed by atoms with Crippen molar-refractivity contribution in [1.29, 1.82) is 0 Å². The van der Waals surface area contributed by atoms with E-state index in [2.05, 4.69) is 0 Å². The molecular weight excluding hydrogens is 274 g/mol. The van der Waals surface area contributed by atoms with Gasteiger partial charge in [0.2, 0.25) is 0 Å². The van der Waals surface area contributed by atoms with Crippen molar-refractivity contribution in [2.75, 3.05) is 6.54 Å². The molecule has 0 radical (unpaired) electrons. The molecule has 1 aliphatic heterocycles. The molecule has 2 atom stereocenters. The van der Waals surface area contributed by atoms with Crippen LogP contribution in [0, 0.1) is 5.92 Å². The lowest BCUT2D eigenvalue weighted by atomic mass is 9.88. The molecule has 0 aromatic heterocycles.